The maximum atomic E-state index is 13.5. The van der Waals surface area contributed by atoms with E-state index in [0.717, 1.165) is 6.07 Å². The van der Waals surface area contributed by atoms with Crippen LogP contribution in [0.15, 0.2) is 41.9 Å². The first-order chi connectivity index (χ1) is 13.4. The quantitative estimate of drug-likeness (QED) is 0.617. The Balaban J connectivity index is 1.51. The lowest BCUT2D eigenvalue weighted by atomic mass is 10.2. The lowest BCUT2D eigenvalue weighted by Gasteiger charge is -2.08. The van der Waals surface area contributed by atoms with Crippen LogP contribution in [0.25, 0.3) is 10.7 Å². The molecule has 2 aromatic heterocycles. The molecular weight excluding hydrogens is 393 g/mol. The van der Waals surface area contributed by atoms with Crippen molar-refractivity contribution in [3.05, 3.63) is 65.1 Å². The Bertz CT molecular complexity index is 1010. The molecule has 0 aliphatic carbocycles. The SMILES string of the molecule is O=C(Cc1csc(-c2ccccn2)n1)NCC(=O)Nc1ccc(F)c(F)c1F. The number of nitrogens with zero attached hydrogens (tertiary/aromatic N) is 2. The Morgan fingerprint density at radius 1 is 1.04 bits per heavy atom. The predicted molar refractivity (Wildman–Crippen MR) is 97.0 cm³/mol. The molecule has 144 valence electrons. The van der Waals surface area contributed by atoms with E-state index in [4.69, 9.17) is 0 Å². The van der Waals surface area contributed by atoms with Gasteiger partial charge in [0.05, 0.1) is 30.0 Å². The molecule has 2 amide bonds. The average Bonchev–Trinajstić information content (AvgIpc) is 3.16. The molecule has 0 unspecified atom stereocenters. The lowest BCUT2D eigenvalue weighted by molar-refractivity contribution is -0.123. The van der Waals surface area contributed by atoms with Gasteiger partial charge in [-0.05, 0) is 24.3 Å². The summed E-state index contributed by atoms with van der Waals surface area (Å²) >= 11 is 1.33. The van der Waals surface area contributed by atoms with E-state index in [1.54, 1.807) is 23.7 Å². The van der Waals surface area contributed by atoms with Crippen LogP contribution in [-0.2, 0) is 16.0 Å². The lowest BCUT2D eigenvalue weighted by Crippen LogP contribution is -2.34. The van der Waals surface area contributed by atoms with Gasteiger partial charge in [0.2, 0.25) is 11.8 Å². The van der Waals surface area contributed by atoms with Crippen LogP contribution in [0, 0.1) is 17.5 Å². The van der Waals surface area contributed by atoms with Gasteiger partial charge >= 0.3 is 0 Å². The molecule has 3 rings (SSSR count). The number of aromatic nitrogens is 2. The number of halogens is 3. The highest BCUT2D eigenvalue weighted by molar-refractivity contribution is 7.13. The number of carbonyl (C=O) groups excluding carboxylic acids is 2. The predicted octanol–water partition coefficient (Wildman–Crippen LogP) is 2.92. The van der Waals surface area contributed by atoms with Gasteiger partial charge in [0.1, 0.15) is 5.01 Å². The molecule has 0 aliphatic heterocycles. The highest BCUT2D eigenvalue weighted by Gasteiger charge is 2.16. The van der Waals surface area contributed by atoms with Crippen LogP contribution in [-0.4, -0.2) is 28.3 Å². The number of anilines is 1. The molecule has 2 N–H and O–H groups in total. The molecule has 2 heterocycles. The van der Waals surface area contributed by atoms with Gasteiger partial charge in [0.15, 0.2) is 17.5 Å². The molecule has 0 bridgehead atoms. The summed E-state index contributed by atoms with van der Waals surface area (Å²) in [6, 6.07) is 6.98. The Kier molecular flexibility index (Phi) is 5.99. The van der Waals surface area contributed by atoms with Crippen LogP contribution in [0.2, 0.25) is 0 Å². The van der Waals surface area contributed by atoms with E-state index in [1.165, 1.54) is 11.3 Å². The number of benzene rings is 1. The van der Waals surface area contributed by atoms with Crippen molar-refractivity contribution in [2.75, 3.05) is 11.9 Å². The van der Waals surface area contributed by atoms with Crippen molar-refractivity contribution in [3.8, 4) is 10.7 Å². The fourth-order valence-corrected chi connectivity index (χ4v) is 3.01. The summed E-state index contributed by atoms with van der Waals surface area (Å²) in [7, 11) is 0. The van der Waals surface area contributed by atoms with E-state index < -0.39 is 41.5 Å². The number of rotatable bonds is 6. The molecule has 6 nitrogen and oxygen atoms in total. The van der Waals surface area contributed by atoms with Gasteiger partial charge < -0.3 is 10.6 Å². The summed E-state index contributed by atoms with van der Waals surface area (Å²) in [6.07, 6.45) is 1.58. The Morgan fingerprint density at radius 3 is 2.61 bits per heavy atom. The zero-order valence-electron chi connectivity index (χ0n) is 14.2. The summed E-state index contributed by atoms with van der Waals surface area (Å²) in [5, 5.41) is 6.79. The number of pyridine rings is 1. The number of thiazole rings is 1. The Morgan fingerprint density at radius 2 is 1.86 bits per heavy atom. The smallest absolute Gasteiger partial charge is 0.243 e. The Labute approximate surface area is 161 Å². The summed E-state index contributed by atoms with van der Waals surface area (Å²) in [6.45, 7) is -0.464. The van der Waals surface area contributed by atoms with E-state index in [9.17, 15) is 22.8 Å². The zero-order chi connectivity index (χ0) is 20.1. The number of carbonyl (C=O) groups is 2. The third-order valence-corrected chi connectivity index (χ3v) is 4.45. The number of hydrogen-bond donors (Lipinski definition) is 2. The third-order valence-electron chi connectivity index (χ3n) is 3.53. The maximum absolute atomic E-state index is 13.5. The van der Waals surface area contributed by atoms with E-state index >= 15 is 0 Å². The second-order valence-corrected chi connectivity index (χ2v) is 6.44. The minimum Gasteiger partial charge on any atom is -0.347 e. The van der Waals surface area contributed by atoms with Gasteiger partial charge in [0.25, 0.3) is 0 Å². The standard InChI is InChI=1S/C18H13F3N4O2S/c19-11-4-5-12(17(21)16(11)20)25-15(27)8-23-14(26)7-10-9-28-18(24-10)13-3-1-2-6-22-13/h1-6,9H,7-8H2,(H,23,26)(H,25,27). The first-order valence-electron chi connectivity index (χ1n) is 8.00. The zero-order valence-corrected chi connectivity index (χ0v) is 15.0. The van der Waals surface area contributed by atoms with Gasteiger partial charge in [0, 0.05) is 11.6 Å². The van der Waals surface area contributed by atoms with Crippen LogP contribution >= 0.6 is 11.3 Å². The van der Waals surface area contributed by atoms with Crippen molar-refractivity contribution < 1.29 is 22.8 Å². The van der Waals surface area contributed by atoms with Gasteiger partial charge in [-0.3, -0.25) is 14.6 Å². The van der Waals surface area contributed by atoms with E-state index in [1.807, 2.05) is 6.07 Å². The molecule has 0 saturated heterocycles. The largest absolute Gasteiger partial charge is 0.347 e. The van der Waals surface area contributed by atoms with Crippen molar-refractivity contribution >= 4 is 28.8 Å². The summed E-state index contributed by atoms with van der Waals surface area (Å²) in [4.78, 5) is 32.2. The van der Waals surface area contributed by atoms with Crippen molar-refractivity contribution in [2.45, 2.75) is 6.42 Å². The van der Waals surface area contributed by atoms with Gasteiger partial charge in [-0.15, -0.1) is 11.3 Å². The average molecular weight is 406 g/mol. The monoisotopic (exact) mass is 406 g/mol. The first kappa shape index (κ1) is 19.5. The molecule has 0 aliphatic rings. The highest BCUT2D eigenvalue weighted by Crippen LogP contribution is 2.21. The number of amides is 2. The third kappa shape index (κ3) is 4.71. The summed E-state index contributed by atoms with van der Waals surface area (Å²) in [5.74, 6) is -5.82. The van der Waals surface area contributed by atoms with Gasteiger partial charge in [-0.25, -0.2) is 18.2 Å². The molecule has 10 heteroatoms. The minimum absolute atomic E-state index is 0.0594. The fourth-order valence-electron chi connectivity index (χ4n) is 2.22. The molecule has 0 radical (unpaired) electrons. The van der Waals surface area contributed by atoms with Crippen molar-refractivity contribution in [1.29, 1.82) is 0 Å². The molecular formula is C18H13F3N4O2S. The molecule has 1 aromatic carbocycles. The van der Waals surface area contributed by atoms with Gasteiger partial charge in [-0.2, -0.15) is 0 Å². The maximum Gasteiger partial charge on any atom is 0.243 e. The van der Waals surface area contributed by atoms with E-state index in [-0.39, 0.29) is 6.42 Å². The number of nitrogens with one attached hydrogen (secondary N) is 2. The highest BCUT2D eigenvalue weighted by atomic mass is 32.1. The molecule has 0 spiro atoms. The first-order valence-corrected chi connectivity index (χ1v) is 8.88. The number of hydrogen-bond acceptors (Lipinski definition) is 5. The van der Waals surface area contributed by atoms with E-state index in [0.29, 0.717) is 22.5 Å². The second-order valence-electron chi connectivity index (χ2n) is 5.58. The molecule has 28 heavy (non-hydrogen) atoms. The van der Waals surface area contributed by atoms with Crippen LogP contribution in [0.5, 0.6) is 0 Å². The van der Waals surface area contributed by atoms with Crippen molar-refractivity contribution in [3.63, 3.8) is 0 Å². The summed E-state index contributed by atoms with van der Waals surface area (Å²) in [5.41, 5.74) is 0.681. The normalized spacial score (nSPS) is 10.5. The topological polar surface area (TPSA) is 84.0 Å². The van der Waals surface area contributed by atoms with E-state index in [2.05, 4.69) is 20.6 Å². The van der Waals surface area contributed by atoms with Gasteiger partial charge in [-0.1, -0.05) is 6.07 Å². The minimum atomic E-state index is -1.69. The molecule has 3 aromatic rings. The van der Waals surface area contributed by atoms with Crippen LogP contribution in [0.3, 0.4) is 0 Å². The Hall–Kier alpha value is -3.27. The second kappa shape index (κ2) is 8.61. The fraction of sp³-hybridized carbons (Fsp3) is 0.111. The van der Waals surface area contributed by atoms with Crippen molar-refractivity contribution in [2.24, 2.45) is 0 Å². The molecule has 0 saturated carbocycles. The van der Waals surface area contributed by atoms with Crippen molar-refractivity contribution in [1.82, 2.24) is 15.3 Å². The van der Waals surface area contributed by atoms with Crippen LogP contribution < -0.4 is 10.6 Å². The summed E-state index contributed by atoms with van der Waals surface area (Å²) < 4.78 is 39.5. The molecule has 0 atom stereocenters. The van der Waals surface area contributed by atoms with Crippen LogP contribution in [0.1, 0.15) is 5.69 Å². The van der Waals surface area contributed by atoms with Crippen LogP contribution in [0.4, 0.5) is 18.9 Å². The molecule has 0 fully saturated rings.